The SMILES string of the molecule is CCOc1cc(C)nc(NC(C)(CCl)CCl)n1. The van der Waals surface area contributed by atoms with E-state index >= 15 is 0 Å². The molecule has 1 heterocycles. The van der Waals surface area contributed by atoms with Crippen molar-refractivity contribution in [3.63, 3.8) is 0 Å². The van der Waals surface area contributed by atoms with Crippen LogP contribution in [0.1, 0.15) is 19.5 Å². The van der Waals surface area contributed by atoms with Gasteiger partial charge in [0.2, 0.25) is 11.8 Å². The summed E-state index contributed by atoms with van der Waals surface area (Å²) in [6, 6.07) is 1.79. The Morgan fingerprint density at radius 3 is 2.53 bits per heavy atom. The molecule has 1 rings (SSSR count). The highest BCUT2D eigenvalue weighted by molar-refractivity contribution is 6.22. The van der Waals surface area contributed by atoms with Gasteiger partial charge in [-0.2, -0.15) is 4.98 Å². The minimum atomic E-state index is -0.430. The van der Waals surface area contributed by atoms with Gasteiger partial charge >= 0.3 is 0 Å². The second-order valence-electron chi connectivity index (χ2n) is 4.06. The van der Waals surface area contributed by atoms with Gasteiger partial charge in [0.1, 0.15) is 0 Å². The molecule has 0 amide bonds. The van der Waals surface area contributed by atoms with E-state index in [2.05, 4.69) is 15.3 Å². The van der Waals surface area contributed by atoms with Crippen LogP contribution in [-0.4, -0.2) is 33.9 Å². The van der Waals surface area contributed by atoms with E-state index in [1.54, 1.807) is 6.07 Å². The number of hydrogen-bond acceptors (Lipinski definition) is 4. The van der Waals surface area contributed by atoms with Gasteiger partial charge in [-0.05, 0) is 20.8 Å². The molecule has 6 heteroatoms. The van der Waals surface area contributed by atoms with Crippen molar-refractivity contribution < 1.29 is 4.74 Å². The van der Waals surface area contributed by atoms with E-state index in [0.29, 0.717) is 30.2 Å². The Morgan fingerprint density at radius 1 is 1.35 bits per heavy atom. The molecule has 1 aromatic heterocycles. The van der Waals surface area contributed by atoms with E-state index in [0.717, 1.165) is 5.69 Å². The standard InChI is InChI=1S/C11H17Cl2N3O/c1-4-17-9-5-8(2)14-10(15-9)16-11(3,6-12)7-13/h5H,4,6-7H2,1-3H3,(H,14,15,16). The quantitative estimate of drug-likeness (QED) is 0.813. The van der Waals surface area contributed by atoms with Gasteiger partial charge in [-0.15, -0.1) is 23.2 Å². The van der Waals surface area contributed by atoms with E-state index in [1.165, 1.54) is 0 Å². The third-order valence-corrected chi connectivity index (χ3v) is 3.31. The molecule has 0 radical (unpaired) electrons. The van der Waals surface area contributed by atoms with Gasteiger partial charge in [0.05, 0.1) is 12.1 Å². The maximum absolute atomic E-state index is 5.87. The first-order chi connectivity index (χ1) is 8.03. The molecule has 0 saturated heterocycles. The molecule has 0 aliphatic carbocycles. The first-order valence-electron chi connectivity index (χ1n) is 5.41. The second-order valence-corrected chi connectivity index (χ2v) is 4.59. The fraction of sp³-hybridized carbons (Fsp3) is 0.636. The van der Waals surface area contributed by atoms with E-state index in [9.17, 15) is 0 Å². The summed E-state index contributed by atoms with van der Waals surface area (Å²) >= 11 is 11.7. The second kappa shape index (κ2) is 6.26. The normalized spacial score (nSPS) is 11.4. The number of nitrogens with one attached hydrogen (secondary N) is 1. The van der Waals surface area contributed by atoms with Crippen LogP contribution in [-0.2, 0) is 0 Å². The fourth-order valence-electron chi connectivity index (χ4n) is 1.19. The van der Waals surface area contributed by atoms with Crippen LogP contribution in [0, 0.1) is 6.92 Å². The molecule has 0 fully saturated rings. The maximum Gasteiger partial charge on any atom is 0.226 e. The summed E-state index contributed by atoms with van der Waals surface area (Å²) in [5, 5.41) is 3.13. The van der Waals surface area contributed by atoms with Crippen LogP contribution >= 0.6 is 23.2 Å². The first-order valence-corrected chi connectivity index (χ1v) is 6.48. The number of ether oxygens (including phenoxy) is 1. The van der Waals surface area contributed by atoms with Crippen molar-refractivity contribution in [3.05, 3.63) is 11.8 Å². The zero-order chi connectivity index (χ0) is 12.9. The van der Waals surface area contributed by atoms with Crippen LogP contribution < -0.4 is 10.1 Å². The van der Waals surface area contributed by atoms with Crippen LogP contribution in [0.5, 0.6) is 5.88 Å². The number of alkyl halides is 2. The summed E-state index contributed by atoms with van der Waals surface area (Å²) in [7, 11) is 0. The lowest BCUT2D eigenvalue weighted by atomic mass is 10.1. The Kier molecular flexibility index (Phi) is 5.28. The first kappa shape index (κ1) is 14.3. The largest absolute Gasteiger partial charge is 0.478 e. The lowest BCUT2D eigenvalue weighted by Gasteiger charge is -2.26. The predicted molar refractivity (Wildman–Crippen MR) is 71.4 cm³/mol. The average Bonchev–Trinajstić information content (AvgIpc) is 2.28. The van der Waals surface area contributed by atoms with Crippen LogP contribution in [0.15, 0.2) is 6.07 Å². The molecular formula is C11H17Cl2N3O. The van der Waals surface area contributed by atoms with Gasteiger partial charge in [-0.3, -0.25) is 0 Å². The van der Waals surface area contributed by atoms with E-state index < -0.39 is 5.54 Å². The number of aryl methyl sites for hydroxylation is 1. The Labute approximate surface area is 112 Å². The lowest BCUT2D eigenvalue weighted by Crippen LogP contribution is -2.39. The fourth-order valence-corrected chi connectivity index (χ4v) is 1.61. The summed E-state index contributed by atoms with van der Waals surface area (Å²) < 4.78 is 5.35. The van der Waals surface area contributed by atoms with Gasteiger partial charge in [-0.25, -0.2) is 4.98 Å². The molecule has 1 aromatic rings. The highest BCUT2D eigenvalue weighted by Gasteiger charge is 2.23. The summed E-state index contributed by atoms with van der Waals surface area (Å²) in [6.07, 6.45) is 0. The topological polar surface area (TPSA) is 47.0 Å². The van der Waals surface area contributed by atoms with Crippen molar-refractivity contribution in [1.29, 1.82) is 0 Å². The van der Waals surface area contributed by atoms with Crippen LogP contribution in [0.4, 0.5) is 5.95 Å². The average molecular weight is 278 g/mol. The monoisotopic (exact) mass is 277 g/mol. The highest BCUT2D eigenvalue weighted by Crippen LogP contribution is 2.18. The Bertz CT molecular complexity index is 370. The number of rotatable bonds is 6. The van der Waals surface area contributed by atoms with Gasteiger partial charge in [-0.1, -0.05) is 0 Å². The third kappa shape index (κ3) is 4.21. The van der Waals surface area contributed by atoms with Crippen molar-refractivity contribution in [2.24, 2.45) is 0 Å². The van der Waals surface area contributed by atoms with Crippen LogP contribution in [0.3, 0.4) is 0 Å². The van der Waals surface area contributed by atoms with Gasteiger partial charge in [0.25, 0.3) is 0 Å². The van der Waals surface area contributed by atoms with Crippen molar-refractivity contribution >= 4 is 29.2 Å². The zero-order valence-corrected chi connectivity index (χ0v) is 11.8. The van der Waals surface area contributed by atoms with Gasteiger partial charge in [0.15, 0.2) is 0 Å². The smallest absolute Gasteiger partial charge is 0.226 e. The van der Waals surface area contributed by atoms with E-state index in [-0.39, 0.29) is 0 Å². The lowest BCUT2D eigenvalue weighted by molar-refractivity contribution is 0.326. The Morgan fingerprint density at radius 2 is 2.00 bits per heavy atom. The summed E-state index contributed by atoms with van der Waals surface area (Å²) in [5.74, 6) is 1.78. The predicted octanol–water partition coefficient (Wildman–Crippen LogP) is 2.83. The molecule has 0 bridgehead atoms. The van der Waals surface area contributed by atoms with Crippen molar-refractivity contribution in [3.8, 4) is 5.88 Å². The number of hydrogen-bond donors (Lipinski definition) is 1. The summed E-state index contributed by atoms with van der Waals surface area (Å²) in [6.45, 7) is 6.28. The van der Waals surface area contributed by atoms with Crippen LogP contribution in [0.2, 0.25) is 0 Å². The summed E-state index contributed by atoms with van der Waals surface area (Å²) in [5.41, 5.74) is 0.401. The molecule has 0 unspecified atom stereocenters. The number of halogens is 2. The van der Waals surface area contributed by atoms with Crippen molar-refractivity contribution in [1.82, 2.24) is 9.97 Å². The summed E-state index contributed by atoms with van der Waals surface area (Å²) in [4.78, 5) is 8.52. The zero-order valence-electron chi connectivity index (χ0n) is 10.3. The minimum absolute atomic E-state index is 0.373. The third-order valence-electron chi connectivity index (χ3n) is 2.13. The molecule has 0 aliphatic heterocycles. The molecule has 0 aromatic carbocycles. The molecular weight excluding hydrogens is 261 g/mol. The van der Waals surface area contributed by atoms with Crippen molar-refractivity contribution in [2.75, 3.05) is 23.7 Å². The molecule has 1 N–H and O–H groups in total. The molecule has 0 atom stereocenters. The van der Waals surface area contributed by atoms with Gasteiger partial charge < -0.3 is 10.1 Å². The number of anilines is 1. The molecule has 0 saturated carbocycles. The van der Waals surface area contributed by atoms with Crippen LogP contribution in [0.25, 0.3) is 0 Å². The van der Waals surface area contributed by atoms with Gasteiger partial charge in [0, 0.05) is 23.5 Å². The molecule has 0 spiro atoms. The number of aromatic nitrogens is 2. The maximum atomic E-state index is 5.87. The molecule has 96 valence electrons. The molecule has 0 aliphatic rings. The molecule has 4 nitrogen and oxygen atoms in total. The molecule has 17 heavy (non-hydrogen) atoms. The number of nitrogens with zero attached hydrogens (tertiary/aromatic N) is 2. The van der Waals surface area contributed by atoms with Crippen molar-refractivity contribution in [2.45, 2.75) is 26.3 Å². The Balaban J connectivity index is 2.90. The minimum Gasteiger partial charge on any atom is -0.478 e. The Hall–Kier alpha value is -0.740. The highest BCUT2D eigenvalue weighted by atomic mass is 35.5. The van der Waals surface area contributed by atoms with E-state index in [1.807, 2.05) is 20.8 Å². The van der Waals surface area contributed by atoms with E-state index in [4.69, 9.17) is 27.9 Å².